The Morgan fingerprint density at radius 3 is 2.77 bits per heavy atom. The highest BCUT2D eigenvalue weighted by atomic mass is 32.1. The van der Waals surface area contributed by atoms with Crippen molar-refractivity contribution in [1.29, 1.82) is 0 Å². The van der Waals surface area contributed by atoms with Crippen LogP contribution in [0.1, 0.15) is 42.8 Å². The maximum Gasteiger partial charge on any atom is 0.416 e. The maximum atomic E-state index is 13.1. The summed E-state index contributed by atoms with van der Waals surface area (Å²) in [6.45, 7) is 1.62. The highest BCUT2D eigenvalue weighted by molar-refractivity contribution is 7.71. The minimum absolute atomic E-state index is 0.0178. The van der Waals surface area contributed by atoms with Crippen molar-refractivity contribution in [2.24, 2.45) is 0 Å². The van der Waals surface area contributed by atoms with Crippen molar-refractivity contribution < 1.29 is 18.0 Å². The first-order valence-corrected chi connectivity index (χ1v) is 8.46. The third kappa shape index (κ3) is 4.04. The van der Waals surface area contributed by atoms with Gasteiger partial charge in [-0.15, -0.1) is 0 Å². The van der Waals surface area contributed by atoms with Gasteiger partial charge in [0.05, 0.1) is 12.1 Å². The molecule has 0 saturated heterocycles. The molecule has 1 saturated carbocycles. The molecule has 0 aliphatic heterocycles. The molecule has 0 bridgehead atoms. The molecule has 9 heteroatoms. The predicted octanol–water partition coefficient (Wildman–Crippen LogP) is 4.01. The van der Waals surface area contributed by atoms with Crippen molar-refractivity contribution >= 4 is 23.7 Å². The van der Waals surface area contributed by atoms with Crippen molar-refractivity contribution in [2.45, 2.75) is 38.5 Å². The fraction of sp³-hybridized carbons (Fsp3) is 0.353. The van der Waals surface area contributed by atoms with E-state index in [1.54, 1.807) is 0 Å². The van der Waals surface area contributed by atoms with Gasteiger partial charge in [-0.25, -0.2) is 0 Å². The number of halogens is 3. The van der Waals surface area contributed by atoms with Crippen LogP contribution in [0.2, 0.25) is 0 Å². The first-order valence-electron chi connectivity index (χ1n) is 8.06. The van der Waals surface area contributed by atoms with E-state index in [9.17, 15) is 18.0 Å². The highest BCUT2D eigenvalue weighted by Crippen LogP contribution is 2.36. The average Bonchev–Trinajstić information content (AvgIpc) is 3.35. The molecule has 5 nitrogen and oxygen atoms in total. The van der Waals surface area contributed by atoms with Gasteiger partial charge < -0.3 is 5.32 Å². The fourth-order valence-electron chi connectivity index (χ4n) is 2.74. The number of benzene rings is 1. The summed E-state index contributed by atoms with van der Waals surface area (Å²) < 4.78 is 41.6. The van der Waals surface area contributed by atoms with Crippen LogP contribution in [0.5, 0.6) is 0 Å². The Morgan fingerprint density at radius 1 is 1.42 bits per heavy atom. The van der Waals surface area contributed by atoms with E-state index in [0.29, 0.717) is 16.6 Å². The Labute approximate surface area is 152 Å². The number of nitrogens with zero attached hydrogens (tertiary/aromatic N) is 2. The second kappa shape index (κ2) is 7.06. The van der Waals surface area contributed by atoms with Gasteiger partial charge in [0.2, 0.25) is 5.91 Å². The zero-order chi connectivity index (χ0) is 18.9. The van der Waals surface area contributed by atoms with E-state index in [1.807, 2.05) is 4.57 Å². The number of allylic oxidation sites excluding steroid dienone is 1. The van der Waals surface area contributed by atoms with Crippen molar-refractivity contribution in [3.63, 3.8) is 0 Å². The molecule has 0 atom stereocenters. The predicted molar refractivity (Wildman–Crippen MR) is 92.6 cm³/mol. The Bertz CT molecular complexity index is 909. The first kappa shape index (κ1) is 18.4. The summed E-state index contributed by atoms with van der Waals surface area (Å²) in [5.74, 6) is 0.114. The largest absolute Gasteiger partial charge is 0.416 e. The van der Waals surface area contributed by atoms with Gasteiger partial charge in [-0.1, -0.05) is 18.2 Å². The molecule has 1 fully saturated rings. The lowest BCUT2D eigenvalue weighted by Gasteiger charge is -2.13. The number of rotatable bonds is 5. The Hall–Kier alpha value is -2.42. The van der Waals surface area contributed by atoms with Gasteiger partial charge in [0.25, 0.3) is 0 Å². The van der Waals surface area contributed by atoms with Crippen LogP contribution in [-0.4, -0.2) is 20.7 Å². The van der Waals surface area contributed by atoms with E-state index >= 15 is 0 Å². The van der Waals surface area contributed by atoms with Crippen LogP contribution in [0, 0.1) is 4.77 Å². The second-order valence-electron chi connectivity index (χ2n) is 6.13. The van der Waals surface area contributed by atoms with Crippen molar-refractivity contribution in [1.82, 2.24) is 20.1 Å². The van der Waals surface area contributed by atoms with Crippen LogP contribution < -0.4 is 5.32 Å². The molecule has 3 rings (SSSR count). The van der Waals surface area contributed by atoms with Gasteiger partial charge in [-0.2, -0.15) is 18.3 Å². The zero-order valence-corrected chi connectivity index (χ0v) is 14.7. The van der Waals surface area contributed by atoms with E-state index in [4.69, 9.17) is 12.2 Å². The van der Waals surface area contributed by atoms with Crippen LogP contribution in [-0.2, 0) is 17.5 Å². The number of aromatic nitrogens is 3. The quantitative estimate of drug-likeness (QED) is 0.607. The van der Waals surface area contributed by atoms with Gasteiger partial charge in [0.1, 0.15) is 0 Å². The minimum atomic E-state index is -4.48. The molecule has 138 valence electrons. The lowest BCUT2D eigenvalue weighted by molar-refractivity contribution is -0.137. The summed E-state index contributed by atoms with van der Waals surface area (Å²) in [7, 11) is 0. The molecule has 2 N–H and O–H groups in total. The molecule has 1 amide bonds. The Balaban J connectivity index is 1.73. The smallest absolute Gasteiger partial charge is 0.345 e. The molecule has 0 unspecified atom stereocenters. The SMILES string of the molecule is C/C(=C/C(=O)NCc1n[nH]c(=S)n1C1CC1)c1ccccc1C(F)(F)F. The summed E-state index contributed by atoms with van der Waals surface area (Å²) >= 11 is 5.17. The topological polar surface area (TPSA) is 62.7 Å². The standard InChI is InChI=1S/C17H17F3N4OS/c1-10(12-4-2-3-5-13(12)17(18,19)20)8-15(25)21-9-14-22-23-16(26)24(14)11-6-7-11/h2-5,8,11H,6-7,9H2,1H3,(H,21,25)(H,23,26)/b10-8-. The summed E-state index contributed by atoms with van der Waals surface area (Å²) in [6, 6.07) is 5.48. The molecule has 1 aliphatic carbocycles. The lowest BCUT2D eigenvalue weighted by Crippen LogP contribution is -2.23. The number of alkyl halides is 3. The van der Waals surface area contributed by atoms with E-state index < -0.39 is 17.6 Å². The van der Waals surface area contributed by atoms with Crippen molar-refractivity contribution in [3.05, 3.63) is 52.1 Å². The number of nitrogens with one attached hydrogen (secondary N) is 2. The molecule has 0 spiro atoms. The molecule has 1 aromatic heterocycles. The Kier molecular flexibility index (Phi) is 4.99. The molecule has 26 heavy (non-hydrogen) atoms. The van der Waals surface area contributed by atoms with Crippen LogP contribution in [0.3, 0.4) is 0 Å². The summed E-state index contributed by atoms with van der Waals surface area (Å²) in [5, 5.41) is 9.44. The Morgan fingerprint density at radius 2 is 2.12 bits per heavy atom. The van der Waals surface area contributed by atoms with Crippen LogP contribution in [0.15, 0.2) is 30.3 Å². The van der Waals surface area contributed by atoms with Gasteiger partial charge in [-0.3, -0.25) is 14.5 Å². The second-order valence-corrected chi connectivity index (χ2v) is 6.52. The molecule has 1 aliphatic rings. The minimum Gasteiger partial charge on any atom is -0.345 e. The number of H-pyrrole nitrogens is 1. The average molecular weight is 382 g/mol. The number of amides is 1. The third-order valence-corrected chi connectivity index (χ3v) is 4.40. The van der Waals surface area contributed by atoms with Gasteiger partial charge in [-0.05, 0) is 49.2 Å². The van der Waals surface area contributed by atoms with Gasteiger partial charge >= 0.3 is 6.18 Å². The van der Waals surface area contributed by atoms with E-state index in [2.05, 4.69) is 15.5 Å². The van der Waals surface area contributed by atoms with E-state index in [0.717, 1.165) is 25.0 Å². The number of aromatic amines is 1. The lowest BCUT2D eigenvalue weighted by atomic mass is 10.00. The molecular weight excluding hydrogens is 365 g/mol. The number of hydrogen-bond acceptors (Lipinski definition) is 3. The molecule has 2 aromatic rings. The maximum absolute atomic E-state index is 13.1. The van der Waals surface area contributed by atoms with E-state index in [-0.39, 0.29) is 17.7 Å². The number of hydrogen-bond donors (Lipinski definition) is 2. The molecular formula is C17H17F3N4OS. The van der Waals surface area contributed by atoms with E-state index in [1.165, 1.54) is 25.1 Å². The first-order chi connectivity index (χ1) is 12.3. The monoisotopic (exact) mass is 382 g/mol. The van der Waals surface area contributed by atoms with Crippen molar-refractivity contribution in [2.75, 3.05) is 0 Å². The molecule has 1 aromatic carbocycles. The molecule has 0 radical (unpaired) electrons. The number of carbonyl (C=O) groups excluding carboxylic acids is 1. The van der Waals surface area contributed by atoms with Crippen molar-refractivity contribution in [3.8, 4) is 0 Å². The van der Waals surface area contributed by atoms with Crippen LogP contribution in [0.4, 0.5) is 13.2 Å². The third-order valence-electron chi connectivity index (χ3n) is 4.12. The van der Waals surface area contributed by atoms with Crippen LogP contribution in [0.25, 0.3) is 5.57 Å². The highest BCUT2D eigenvalue weighted by Gasteiger charge is 2.33. The summed E-state index contributed by atoms with van der Waals surface area (Å²) in [5.41, 5.74) is -0.552. The van der Waals surface area contributed by atoms with Gasteiger partial charge in [0.15, 0.2) is 10.6 Å². The zero-order valence-electron chi connectivity index (χ0n) is 13.9. The fourth-order valence-corrected chi connectivity index (χ4v) is 3.04. The summed E-state index contributed by atoms with van der Waals surface area (Å²) in [4.78, 5) is 12.1. The normalized spacial score (nSPS) is 15.2. The number of carbonyl (C=O) groups is 1. The van der Waals surface area contributed by atoms with Crippen LogP contribution >= 0.6 is 12.2 Å². The molecule has 1 heterocycles. The summed E-state index contributed by atoms with van der Waals surface area (Å²) in [6.07, 6.45) is -1.29. The van der Waals surface area contributed by atoms with Gasteiger partial charge in [0, 0.05) is 12.1 Å².